The molecule has 0 bridgehead atoms. The van der Waals surface area contributed by atoms with Gasteiger partial charge < -0.3 is 11.5 Å². The molecule has 0 aliphatic heterocycles. The third kappa shape index (κ3) is 2.71. The minimum atomic E-state index is -0.349. The lowest BCUT2D eigenvalue weighted by molar-refractivity contribution is -0.119. The fourth-order valence-electron chi connectivity index (χ4n) is 0.370. The van der Waals surface area contributed by atoms with Gasteiger partial charge in [-0.1, -0.05) is 0 Å². The zero-order chi connectivity index (χ0) is 6.57. The van der Waals surface area contributed by atoms with E-state index < -0.39 is 0 Å². The van der Waals surface area contributed by atoms with Gasteiger partial charge in [-0.15, -0.1) is 0 Å². The smallest absolute Gasteiger partial charge is 0.150 e. The molecule has 8 heavy (non-hydrogen) atoms. The molecule has 0 aliphatic rings. The SMILES string of the molecule is C[C@H](N)C(=O)CCN. The molecule has 0 radical (unpaired) electrons. The van der Waals surface area contributed by atoms with E-state index in [1.165, 1.54) is 0 Å². The fraction of sp³-hybridized carbons (Fsp3) is 0.800. The topological polar surface area (TPSA) is 69.1 Å². The lowest BCUT2D eigenvalue weighted by Crippen LogP contribution is -2.28. The van der Waals surface area contributed by atoms with Gasteiger partial charge in [-0.05, 0) is 13.5 Å². The molecule has 48 valence electrons. The molecule has 4 N–H and O–H groups in total. The third-order valence-corrected chi connectivity index (χ3v) is 0.899. The van der Waals surface area contributed by atoms with E-state index in [0.29, 0.717) is 13.0 Å². The standard InChI is InChI=1S/C5H12N2O/c1-4(7)5(8)2-3-6/h4H,2-3,6-7H2,1H3/t4-/m0/s1. The zero-order valence-electron chi connectivity index (χ0n) is 5.05. The summed E-state index contributed by atoms with van der Waals surface area (Å²) in [4.78, 5) is 10.5. The summed E-state index contributed by atoms with van der Waals surface area (Å²) in [6.07, 6.45) is 0.400. The molecule has 0 rings (SSSR count). The Bertz CT molecular complexity index is 80.5. The Morgan fingerprint density at radius 2 is 2.25 bits per heavy atom. The van der Waals surface area contributed by atoms with Gasteiger partial charge in [0.05, 0.1) is 6.04 Å². The third-order valence-electron chi connectivity index (χ3n) is 0.899. The summed E-state index contributed by atoms with van der Waals surface area (Å²) >= 11 is 0. The van der Waals surface area contributed by atoms with Crippen LogP contribution in [-0.2, 0) is 4.79 Å². The molecule has 1 atom stereocenters. The summed E-state index contributed by atoms with van der Waals surface area (Å²) in [5.74, 6) is 0.0347. The van der Waals surface area contributed by atoms with Crippen molar-refractivity contribution in [3.05, 3.63) is 0 Å². The van der Waals surface area contributed by atoms with Gasteiger partial charge in [-0.2, -0.15) is 0 Å². The van der Waals surface area contributed by atoms with E-state index in [9.17, 15) is 4.79 Å². The average Bonchev–Trinajstić information content (AvgIpc) is 1.67. The first-order valence-corrected chi connectivity index (χ1v) is 2.67. The molecule has 0 aromatic heterocycles. The molecule has 0 saturated carbocycles. The van der Waals surface area contributed by atoms with Crippen LogP contribution in [0.1, 0.15) is 13.3 Å². The molecule has 3 heteroatoms. The van der Waals surface area contributed by atoms with Crippen LogP contribution in [0.4, 0.5) is 0 Å². The number of carbonyl (C=O) groups is 1. The molecule has 0 unspecified atom stereocenters. The second-order valence-electron chi connectivity index (χ2n) is 1.79. The fourth-order valence-corrected chi connectivity index (χ4v) is 0.370. The van der Waals surface area contributed by atoms with Gasteiger partial charge in [-0.3, -0.25) is 4.79 Å². The highest BCUT2D eigenvalue weighted by molar-refractivity contribution is 5.83. The number of rotatable bonds is 3. The van der Waals surface area contributed by atoms with Crippen molar-refractivity contribution in [3.8, 4) is 0 Å². The molecule has 0 saturated heterocycles. The molecule has 3 nitrogen and oxygen atoms in total. The zero-order valence-corrected chi connectivity index (χ0v) is 5.05. The predicted octanol–water partition coefficient (Wildman–Crippen LogP) is -0.748. The summed E-state index contributed by atoms with van der Waals surface area (Å²) in [7, 11) is 0. The van der Waals surface area contributed by atoms with Crippen LogP contribution < -0.4 is 11.5 Å². The van der Waals surface area contributed by atoms with Crippen molar-refractivity contribution in [2.75, 3.05) is 6.54 Å². The summed E-state index contributed by atoms with van der Waals surface area (Å²) in [5, 5.41) is 0. The van der Waals surface area contributed by atoms with Crippen molar-refractivity contribution < 1.29 is 4.79 Å². The van der Waals surface area contributed by atoms with Crippen LogP contribution in [-0.4, -0.2) is 18.4 Å². The van der Waals surface area contributed by atoms with E-state index >= 15 is 0 Å². The summed E-state index contributed by atoms with van der Waals surface area (Å²) in [5.41, 5.74) is 10.3. The molecule has 0 aliphatic carbocycles. The molecule has 0 spiro atoms. The highest BCUT2D eigenvalue weighted by atomic mass is 16.1. The number of Topliss-reactive ketones (excluding diaryl/α,β-unsaturated/α-hetero) is 1. The normalized spacial score (nSPS) is 13.4. The van der Waals surface area contributed by atoms with Gasteiger partial charge in [-0.25, -0.2) is 0 Å². The van der Waals surface area contributed by atoms with Crippen LogP contribution in [0.15, 0.2) is 0 Å². The van der Waals surface area contributed by atoms with E-state index in [4.69, 9.17) is 11.5 Å². The lowest BCUT2D eigenvalue weighted by Gasteiger charge is -1.99. The first-order chi connectivity index (χ1) is 3.68. The van der Waals surface area contributed by atoms with Crippen LogP contribution in [0.25, 0.3) is 0 Å². The monoisotopic (exact) mass is 116 g/mol. The number of ketones is 1. The van der Waals surface area contributed by atoms with E-state index in [1.54, 1.807) is 6.92 Å². The maximum atomic E-state index is 10.5. The molecule has 0 heterocycles. The van der Waals surface area contributed by atoms with Crippen LogP contribution in [0, 0.1) is 0 Å². The Balaban J connectivity index is 3.33. The van der Waals surface area contributed by atoms with Gasteiger partial charge >= 0.3 is 0 Å². The van der Waals surface area contributed by atoms with Gasteiger partial charge in [0.15, 0.2) is 0 Å². The van der Waals surface area contributed by atoms with Crippen LogP contribution in [0.3, 0.4) is 0 Å². The van der Waals surface area contributed by atoms with Gasteiger partial charge in [0.1, 0.15) is 5.78 Å². The number of hydrogen-bond acceptors (Lipinski definition) is 3. The summed E-state index contributed by atoms with van der Waals surface area (Å²) in [6.45, 7) is 2.07. The highest BCUT2D eigenvalue weighted by Crippen LogP contribution is 1.83. The van der Waals surface area contributed by atoms with Crippen molar-refractivity contribution in [1.82, 2.24) is 0 Å². The number of nitrogens with two attached hydrogens (primary N) is 2. The maximum Gasteiger partial charge on any atom is 0.150 e. The largest absolute Gasteiger partial charge is 0.330 e. The van der Waals surface area contributed by atoms with Gasteiger partial charge in [0.25, 0.3) is 0 Å². The quantitative estimate of drug-likeness (QED) is 0.510. The van der Waals surface area contributed by atoms with Crippen LogP contribution in [0.5, 0.6) is 0 Å². The summed E-state index contributed by atoms with van der Waals surface area (Å²) in [6, 6.07) is -0.349. The lowest BCUT2D eigenvalue weighted by atomic mass is 10.2. The highest BCUT2D eigenvalue weighted by Gasteiger charge is 2.03. The number of carbonyl (C=O) groups excluding carboxylic acids is 1. The first kappa shape index (κ1) is 7.59. The Morgan fingerprint density at radius 3 is 2.38 bits per heavy atom. The predicted molar refractivity (Wildman–Crippen MR) is 32.3 cm³/mol. The second-order valence-corrected chi connectivity index (χ2v) is 1.79. The molecule has 0 amide bonds. The van der Waals surface area contributed by atoms with E-state index in [-0.39, 0.29) is 11.8 Å². The minimum Gasteiger partial charge on any atom is -0.330 e. The van der Waals surface area contributed by atoms with Crippen molar-refractivity contribution in [2.45, 2.75) is 19.4 Å². The molecular formula is C5H12N2O. The van der Waals surface area contributed by atoms with E-state index in [0.717, 1.165) is 0 Å². The Kier molecular flexibility index (Phi) is 3.39. The van der Waals surface area contributed by atoms with Crippen molar-refractivity contribution >= 4 is 5.78 Å². The molecule has 0 fully saturated rings. The minimum absolute atomic E-state index is 0.0347. The van der Waals surface area contributed by atoms with E-state index in [2.05, 4.69) is 0 Å². The maximum absolute atomic E-state index is 10.5. The average molecular weight is 116 g/mol. The van der Waals surface area contributed by atoms with Crippen LogP contribution >= 0.6 is 0 Å². The van der Waals surface area contributed by atoms with Crippen LogP contribution in [0.2, 0.25) is 0 Å². The Hall–Kier alpha value is -0.410. The van der Waals surface area contributed by atoms with Crippen molar-refractivity contribution in [1.29, 1.82) is 0 Å². The number of hydrogen-bond donors (Lipinski definition) is 2. The first-order valence-electron chi connectivity index (χ1n) is 2.67. The Labute approximate surface area is 49.0 Å². The van der Waals surface area contributed by atoms with Crippen molar-refractivity contribution in [3.63, 3.8) is 0 Å². The Morgan fingerprint density at radius 1 is 1.75 bits per heavy atom. The molecular weight excluding hydrogens is 104 g/mol. The van der Waals surface area contributed by atoms with Gasteiger partial charge in [0.2, 0.25) is 0 Å². The van der Waals surface area contributed by atoms with E-state index in [1.807, 2.05) is 0 Å². The van der Waals surface area contributed by atoms with Gasteiger partial charge in [0, 0.05) is 6.42 Å². The summed E-state index contributed by atoms with van der Waals surface area (Å²) < 4.78 is 0. The molecule has 0 aromatic rings. The molecule has 0 aromatic carbocycles. The van der Waals surface area contributed by atoms with Crippen molar-refractivity contribution in [2.24, 2.45) is 11.5 Å². The second kappa shape index (κ2) is 3.57.